The molecule has 88 valence electrons. The molecule has 0 amide bonds. The summed E-state index contributed by atoms with van der Waals surface area (Å²) in [7, 11) is 0. The fraction of sp³-hybridized carbons (Fsp3) is 0.182. The van der Waals surface area contributed by atoms with Crippen molar-refractivity contribution in [2.75, 3.05) is 11.9 Å². The number of anilines is 1. The number of pyridine rings is 1. The van der Waals surface area contributed by atoms with Crippen molar-refractivity contribution >= 4 is 23.0 Å². The van der Waals surface area contributed by atoms with Crippen LogP contribution in [0.1, 0.15) is 15.5 Å². The summed E-state index contributed by atoms with van der Waals surface area (Å²) in [4.78, 5) is 18.6. The Morgan fingerprint density at radius 3 is 2.88 bits per heavy atom. The molecule has 0 saturated heterocycles. The summed E-state index contributed by atoms with van der Waals surface area (Å²) < 4.78 is 0. The van der Waals surface area contributed by atoms with Crippen molar-refractivity contribution in [3.63, 3.8) is 0 Å². The van der Waals surface area contributed by atoms with Crippen molar-refractivity contribution in [3.8, 4) is 0 Å². The number of aromatic carboxylic acids is 1. The van der Waals surface area contributed by atoms with Crippen LogP contribution in [0.2, 0.25) is 0 Å². The Hall–Kier alpha value is -1.95. The average molecular weight is 249 g/mol. The lowest BCUT2D eigenvalue weighted by atomic mass is 10.3. The highest BCUT2D eigenvalue weighted by molar-refractivity contribution is 7.09. The fourth-order valence-electron chi connectivity index (χ4n) is 1.32. The zero-order chi connectivity index (χ0) is 12.1. The van der Waals surface area contributed by atoms with Gasteiger partial charge in [0.2, 0.25) is 0 Å². The summed E-state index contributed by atoms with van der Waals surface area (Å²) in [5, 5.41) is 14.9. The maximum absolute atomic E-state index is 10.6. The zero-order valence-corrected chi connectivity index (χ0v) is 9.78. The van der Waals surface area contributed by atoms with Crippen LogP contribution in [0, 0.1) is 0 Å². The summed E-state index contributed by atoms with van der Waals surface area (Å²) in [6, 6.07) is 3.19. The smallest absolute Gasteiger partial charge is 0.354 e. The van der Waals surface area contributed by atoms with Crippen LogP contribution in [0.4, 0.5) is 5.69 Å². The molecule has 2 N–H and O–H groups in total. The van der Waals surface area contributed by atoms with Crippen LogP contribution in [0.5, 0.6) is 0 Å². The van der Waals surface area contributed by atoms with Gasteiger partial charge >= 0.3 is 5.97 Å². The largest absolute Gasteiger partial charge is 0.477 e. The van der Waals surface area contributed by atoms with Crippen LogP contribution in [-0.2, 0) is 6.42 Å². The van der Waals surface area contributed by atoms with Gasteiger partial charge in [0.05, 0.1) is 16.9 Å². The lowest BCUT2D eigenvalue weighted by Crippen LogP contribution is -2.06. The first-order valence-electron chi connectivity index (χ1n) is 5.07. The van der Waals surface area contributed by atoms with E-state index in [1.807, 2.05) is 5.38 Å². The molecule has 0 fully saturated rings. The summed E-state index contributed by atoms with van der Waals surface area (Å²) >= 11 is 1.62. The van der Waals surface area contributed by atoms with Crippen molar-refractivity contribution in [3.05, 3.63) is 40.6 Å². The molecule has 0 aliphatic carbocycles. The van der Waals surface area contributed by atoms with E-state index in [1.165, 1.54) is 12.3 Å². The number of carboxylic acid groups (broad SMARTS) is 1. The molecule has 2 aromatic rings. The second-order valence-electron chi connectivity index (χ2n) is 3.34. The second-order valence-corrected chi connectivity index (χ2v) is 4.32. The molecule has 0 bridgehead atoms. The van der Waals surface area contributed by atoms with E-state index in [1.54, 1.807) is 23.6 Å². The van der Waals surface area contributed by atoms with Crippen LogP contribution in [-0.4, -0.2) is 27.6 Å². The normalized spacial score (nSPS) is 10.1. The molecule has 0 unspecified atom stereocenters. The molecule has 2 aromatic heterocycles. The van der Waals surface area contributed by atoms with Crippen LogP contribution >= 0.6 is 11.3 Å². The van der Waals surface area contributed by atoms with Gasteiger partial charge < -0.3 is 10.4 Å². The minimum Gasteiger partial charge on any atom is -0.477 e. The van der Waals surface area contributed by atoms with Gasteiger partial charge in [-0.3, -0.25) is 0 Å². The van der Waals surface area contributed by atoms with Crippen molar-refractivity contribution in [2.45, 2.75) is 6.42 Å². The van der Waals surface area contributed by atoms with E-state index < -0.39 is 5.97 Å². The summed E-state index contributed by atoms with van der Waals surface area (Å²) in [5.74, 6) is -1.01. The number of carboxylic acids is 1. The van der Waals surface area contributed by atoms with Crippen LogP contribution in [0.25, 0.3) is 0 Å². The number of hydrogen-bond acceptors (Lipinski definition) is 5. The molecule has 0 saturated carbocycles. The number of rotatable bonds is 5. The first kappa shape index (κ1) is 11.5. The standard InChI is InChI=1S/C11H11N3O2S/c15-11(16)9-2-1-8(7-14-9)12-4-3-10-13-5-6-17-10/h1-2,5-7,12H,3-4H2,(H,15,16). The van der Waals surface area contributed by atoms with Gasteiger partial charge in [0.15, 0.2) is 0 Å². The summed E-state index contributed by atoms with van der Waals surface area (Å²) in [6.07, 6.45) is 4.15. The number of nitrogens with one attached hydrogen (secondary N) is 1. The van der Waals surface area contributed by atoms with Gasteiger partial charge in [-0.1, -0.05) is 0 Å². The van der Waals surface area contributed by atoms with Gasteiger partial charge in [0, 0.05) is 24.5 Å². The molecule has 2 heterocycles. The maximum Gasteiger partial charge on any atom is 0.354 e. The van der Waals surface area contributed by atoms with E-state index in [-0.39, 0.29) is 5.69 Å². The highest BCUT2D eigenvalue weighted by Gasteiger charge is 2.03. The number of hydrogen-bond donors (Lipinski definition) is 2. The Morgan fingerprint density at radius 1 is 1.41 bits per heavy atom. The molecular weight excluding hydrogens is 238 g/mol. The Bertz CT molecular complexity index is 482. The SMILES string of the molecule is O=C(O)c1ccc(NCCc2nccs2)cn1. The molecule has 17 heavy (non-hydrogen) atoms. The number of nitrogens with zero attached hydrogens (tertiary/aromatic N) is 2. The van der Waals surface area contributed by atoms with Crippen molar-refractivity contribution in [1.29, 1.82) is 0 Å². The molecular formula is C11H11N3O2S. The first-order valence-corrected chi connectivity index (χ1v) is 5.95. The predicted molar refractivity (Wildman–Crippen MR) is 65.5 cm³/mol. The number of carbonyl (C=O) groups is 1. The summed E-state index contributed by atoms with van der Waals surface area (Å²) in [5.41, 5.74) is 0.863. The molecule has 6 heteroatoms. The Kier molecular flexibility index (Phi) is 3.66. The highest BCUT2D eigenvalue weighted by Crippen LogP contribution is 2.08. The first-order chi connectivity index (χ1) is 8.25. The van der Waals surface area contributed by atoms with E-state index in [0.29, 0.717) is 0 Å². The molecule has 0 spiro atoms. The summed E-state index contributed by atoms with van der Waals surface area (Å²) in [6.45, 7) is 0.752. The second kappa shape index (κ2) is 5.40. The van der Waals surface area contributed by atoms with E-state index in [0.717, 1.165) is 23.7 Å². The predicted octanol–water partition coefficient (Wildman–Crippen LogP) is 1.89. The molecule has 5 nitrogen and oxygen atoms in total. The number of thiazole rings is 1. The van der Waals surface area contributed by atoms with Crippen LogP contribution in [0.3, 0.4) is 0 Å². The molecule has 2 rings (SSSR count). The molecule has 0 aliphatic heterocycles. The van der Waals surface area contributed by atoms with Crippen LogP contribution in [0.15, 0.2) is 29.9 Å². The lowest BCUT2D eigenvalue weighted by molar-refractivity contribution is 0.0690. The average Bonchev–Trinajstić information content (AvgIpc) is 2.83. The third-order valence-electron chi connectivity index (χ3n) is 2.13. The Balaban J connectivity index is 1.85. The van der Waals surface area contributed by atoms with E-state index >= 15 is 0 Å². The fourth-order valence-corrected chi connectivity index (χ4v) is 1.94. The van der Waals surface area contributed by atoms with Gasteiger partial charge in [-0.25, -0.2) is 14.8 Å². The Labute approximate surface area is 102 Å². The monoisotopic (exact) mass is 249 g/mol. The zero-order valence-electron chi connectivity index (χ0n) is 8.96. The molecule has 0 atom stereocenters. The quantitative estimate of drug-likeness (QED) is 0.846. The molecule has 0 radical (unpaired) electrons. The minimum atomic E-state index is -1.01. The third-order valence-corrected chi connectivity index (χ3v) is 2.97. The van der Waals surface area contributed by atoms with E-state index in [9.17, 15) is 4.79 Å². The van der Waals surface area contributed by atoms with Crippen molar-refractivity contribution in [2.24, 2.45) is 0 Å². The maximum atomic E-state index is 10.6. The highest BCUT2D eigenvalue weighted by atomic mass is 32.1. The third kappa shape index (κ3) is 3.25. The van der Waals surface area contributed by atoms with Crippen molar-refractivity contribution < 1.29 is 9.90 Å². The van der Waals surface area contributed by atoms with E-state index in [2.05, 4.69) is 15.3 Å². The van der Waals surface area contributed by atoms with Gasteiger partial charge in [-0.15, -0.1) is 11.3 Å². The molecule has 0 aliphatic rings. The van der Waals surface area contributed by atoms with Gasteiger partial charge in [0.1, 0.15) is 5.69 Å². The Morgan fingerprint density at radius 2 is 2.29 bits per heavy atom. The molecule has 0 aromatic carbocycles. The van der Waals surface area contributed by atoms with Gasteiger partial charge in [-0.05, 0) is 12.1 Å². The number of aromatic nitrogens is 2. The van der Waals surface area contributed by atoms with Gasteiger partial charge in [0.25, 0.3) is 0 Å². The van der Waals surface area contributed by atoms with Gasteiger partial charge in [-0.2, -0.15) is 0 Å². The van der Waals surface area contributed by atoms with Crippen LogP contribution < -0.4 is 5.32 Å². The minimum absolute atomic E-state index is 0.0514. The van der Waals surface area contributed by atoms with Crippen molar-refractivity contribution in [1.82, 2.24) is 9.97 Å². The lowest BCUT2D eigenvalue weighted by Gasteiger charge is -2.04. The topological polar surface area (TPSA) is 75.1 Å². The van der Waals surface area contributed by atoms with E-state index in [4.69, 9.17) is 5.11 Å².